The summed E-state index contributed by atoms with van der Waals surface area (Å²) in [6.45, 7) is 0.286. The summed E-state index contributed by atoms with van der Waals surface area (Å²) in [5.74, 6) is 2.50. The lowest BCUT2D eigenvalue weighted by Gasteiger charge is -2.12. The zero-order chi connectivity index (χ0) is 23.5. The van der Waals surface area contributed by atoms with Crippen LogP contribution in [0.25, 0.3) is 17.1 Å². The second kappa shape index (κ2) is 9.63. The molecule has 5 rings (SSSR count). The third-order valence-corrected chi connectivity index (χ3v) is 5.77. The summed E-state index contributed by atoms with van der Waals surface area (Å²) < 4.78 is 19.0. The van der Waals surface area contributed by atoms with E-state index >= 15 is 0 Å². The molecule has 8 heteroatoms. The van der Waals surface area contributed by atoms with E-state index in [1.165, 1.54) is 0 Å². The maximum atomic E-state index is 6.25. The number of pyridine rings is 1. The van der Waals surface area contributed by atoms with Gasteiger partial charge >= 0.3 is 0 Å². The van der Waals surface area contributed by atoms with Crippen LogP contribution in [0.1, 0.15) is 11.1 Å². The molecule has 0 bridgehead atoms. The lowest BCUT2D eigenvalue weighted by Crippen LogP contribution is -1.99. The van der Waals surface area contributed by atoms with Crippen LogP contribution in [-0.4, -0.2) is 22.7 Å². The molecular weight excluding hydrogens is 473 g/mol. The van der Waals surface area contributed by atoms with Crippen LogP contribution in [0.2, 0.25) is 10.0 Å². The highest BCUT2D eigenvalue weighted by Crippen LogP contribution is 2.33. The van der Waals surface area contributed by atoms with Crippen LogP contribution >= 0.6 is 23.2 Å². The zero-order valence-electron chi connectivity index (χ0n) is 18.1. The monoisotopic (exact) mass is 491 g/mol. The van der Waals surface area contributed by atoms with E-state index in [0.29, 0.717) is 38.8 Å². The zero-order valence-corrected chi connectivity index (χ0v) is 19.6. The Balaban J connectivity index is 1.42. The molecule has 2 aromatic carbocycles. The number of benzene rings is 2. The molecule has 0 atom stereocenters. The van der Waals surface area contributed by atoms with Gasteiger partial charge in [0.25, 0.3) is 0 Å². The molecule has 3 aromatic heterocycles. The molecule has 0 saturated heterocycles. The second-order valence-electron chi connectivity index (χ2n) is 7.38. The predicted molar refractivity (Wildman–Crippen MR) is 134 cm³/mol. The fourth-order valence-electron chi connectivity index (χ4n) is 3.50. The van der Waals surface area contributed by atoms with Gasteiger partial charge in [0.05, 0.1) is 13.4 Å². The summed E-state index contributed by atoms with van der Waals surface area (Å²) in [6, 6.07) is 20.4. The topological polar surface area (TPSA) is 61.3 Å². The molecule has 6 nitrogen and oxygen atoms in total. The molecule has 0 N–H and O–H groups in total. The highest BCUT2D eigenvalue weighted by Gasteiger charge is 2.15. The average Bonchev–Trinajstić information content (AvgIpc) is 3.50. The van der Waals surface area contributed by atoms with Crippen molar-refractivity contribution in [2.24, 2.45) is 4.99 Å². The van der Waals surface area contributed by atoms with Crippen molar-refractivity contribution in [3.8, 4) is 23.0 Å². The van der Waals surface area contributed by atoms with Gasteiger partial charge in [0.1, 0.15) is 12.3 Å². The first-order chi connectivity index (χ1) is 16.6. The minimum Gasteiger partial charge on any atom is -0.493 e. The molecule has 34 heavy (non-hydrogen) atoms. The molecule has 0 unspecified atom stereocenters. The normalized spacial score (nSPS) is 11.4. The van der Waals surface area contributed by atoms with Crippen molar-refractivity contribution in [3.05, 3.63) is 100 Å². The van der Waals surface area contributed by atoms with Gasteiger partial charge in [-0.05, 0) is 60.2 Å². The Hall–Kier alpha value is -3.74. The standard InChI is InChI=1S/C26H19Cl2N3O3/c1-32-23-13-17(7-10-21(23)34-16-18-8-9-19(27)14-20(18)28)15-29-26-25(22-5-4-12-33-22)30-24-6-2-3-11-31(24)26/h2-15H,16H2,1H3. The predicted octanol–water partition coefficient (Wildman–Crippen LogP) is 7.24. The molecule has 0 fully saturated rings. The summed E-state index contributed by atoms with van der Waals surface area (Å²) in [5.41, 5.74) is 3.12. The van der Waals surface area contributed by atoms with E-state index in [1.807, 2.05) is 65.2 Å². The fraction of sp³-hybridized carbons (Fsp3) is 0.0769. The SMILES string of the molecule is COc1cc(C=Nc2c(-c3ccco3)nc3ccccn23)ccc1OCc1ccc(Cl)cc1Cl. The smallest absolute Gasteiger partial charge is 0.168 e. The van der Waals surface area contributed by atoms with Crippen LogP contribution in [0.5, 0.6) is 11.5 Å². The van der Waals surface area contributed by atoms with Gasteiger partial charge in [-0.3, -0.25) is 4.40 Å². The van der Waals surface area contributed by atoms with Gasteiger partial charge in [-0.1, -0.05) is 35.3 Å². The van der Waals surface area contributed by atoms with E-state index in [0.717, 1.165) is 16.8 Å². The van der Waals surface area contributed by atoms with Crippen molar-refractivity contribution >= 4 is 40.9 Å². The van der Waals surface area contributed by atoms with Gasteiger partial charge in [-0.2, -0.15) is 0 Å². The first-order valence-corrected chi connectivity index (χ1v) is 11.2. The highest BCUT2D eigenvalue weighted by atomic mass is 35.5. The van der Waals surface area contributed by atoms with E-state index < -0.39 is 0 Å². The number of aromatic nitrogens is 2. The maximum Gasteiger partial charge on any atom is 0.168 e. The first-order valence-electron chi connectivity index (χ1n) is 10.4. The van der Waals surface area contributed by atoms with E-state index in [4.69, 9.17) is 42.1 Å². The van der Waals surface area contributed by atoms with Crippen molar-refractivity contribution in [1.29, 1.82) is 0 Å². The number of ether oxygens (including phenoxy) is 2. The number of aliphatic imine (C=N–C) groups is 1. The minimum atomic E-state index is 0.286. The van der Waals surface area contributed by atoms with Crippen molar-refractivity contribution < 1.29 is 13.9 Å². The Kier molecular flexibility index (Phi) is 6.25. The van der Waals surface area contributed by atoms with Gasteiger partial charge in [-0.15, -0.1) is 0 Å². The van der Waals surface area contributed by atoms with Crippen LogP contribution in [0.15, 0.2) is 88.6 Å². The van der Waals surface area contributed by atoms with Crippen LogP contribution in [-0.2, 0) is 6.61 Å². The molecule has 5 aromatic rings. The second-order valence-corrected chi connectivity index (χ2v) is 8.23. The number of methoxy groups -OCH3 is 1. The summed E-state index contributed by atoms with van der Waals surface area (Å²) in [7, 11) is 1.60. The van der Waals surface area contributed by atoms with Crippen LogP contribution in [0.3, 0.4) is 0 Å². The Morgan fingerprint density at radius 3 is 2.74 bits per heavy atom. The number of nitrogens with zero attached hydrogens (tertiary/aromatic N) is 3. The summed E-state index contributed by atoms with van der Waals surface area (Å²) in [5, 5.41) is 1.13. The number of fused-ring (bicyclic) bond motifs is 1. The average molecular weight is 492 g/mol. The van der Waals surface area contributed by atoms with Crippen molar-refractivity contribution in [1.82, 2.24) is 9.38 Å². The molecule has 0 aliphatic rings. The molecule has 0 aliphatic carbocycles. The summed E-state index contributed by atoms with van der Waals surface area (Å²) in [6.07, 6.45) is 5.29. The number of halogens is 2. The number of hydrogen-bond acceptors (Lipinski definition) is 5. The fourth-order valence-corrected chi connectivity index (χ4v) is 3.96. The number of hydrogen-bond donors (Lipinski definition) is 0. The van der Waals surface area contributed by atoms with E-state index in [9.17, 15) is 0 Å². The lowest BCUT2D eigenvalue weighted by molar-refractivity contribution is 0.284. The van der Waals surface area contributed by atoms with Crippen molar-refractivity contribution in [2.45, 2.75) is 6.61 Å². The Morgan fingerprint density at radius 1 is 1.03 bits per heavy atom. The summed E-state index contributed by atoms with van der Waals surface area (Å²) in [4.78, 5) is 9.40. The van der Waals surface area contributed by atoms with E-state index in [-0.39, 0.29) is 6.61 Å². The van der Waals surface area contributed by atoms with Crippen LogP contribution in [0, 0.1) is 0 Å². The number of imidazole rings is 1. The summed E-state index contributed by atoms with van der Waals surface area (Å²) >= 11 is 12.2. The van der Waals surface area contributed by atoms with Gasteiger partial charge in [0, 0.05) is 28.0 Å². The molecule has 0 spiro atoms. The number of furan rings is 1. The largest absolute Gasteiger partial charge is 0.493 e. The van der Waals surface area contributed by atoms with Gasteiger partial charge < -0.3 is 13.9 Å². The molecule has 0 amide bonds. The third kappa shape index (κ3) is 4.51. The lowest BCUT2D eigenvalue weighted by atomic mass is 10.2. The van der Waals surface area contributed by atoms with E-state index in [2.05, 4.69) is 4.98 Å². The van der Waals surface area contributed by atoms with Gasteiger partial charge in [0.2, 0.25) is 0 Å². The van der Waals surface area contributed by atoms with E-state index in [1.54, 1.807) is 31.7 Å². The molecular formula is C26H19Cl2N3O3. The molecule has 3 heterocycles. The number of rotatable bonds is 7. The Morgan fingerprint density at radius 2 is 1.94 bits per heavy atom. The first kappa shape index (κ1) is 22.1. The quantitative estimate of drug-likeness (QED) is 0.225. The van der Waals surface area contributed by atoms with Gasteiger partial charge in [-0.25, -0.2) is 9.98 Å². The third-order valence-electron chi connectivity index (χ3n) is 5.18. The Bertz CT molecular complexity index is 1480. The highest BCUT2D eigenvalue weighted by molar-refractivity contribution is 6.35. The minimum absolute atomic E-state index is 0.286. The molecule has 0 saturated carbocycles. The van der Waals surface area contributed by atoms with Crippen LogP contribution < -0.4 is 9.47 Å². The molecule has 170 valence electrons. The van der Waals surface area contributed by atoms with Crippen molar-refractivity contribution in [3.63, 3.8) is 0 Å². The van der Waals surface area contributed by atoms with Crippen molar-refractivity contribution in [2.75, 3.05) is 7.11 Å². The van der Waals surface area contributed by atoms with Crippen LogP contribution in [0.4, 0.5) is 5.82 Å². The Labute approximate surface area is 206 Å². The molecule has 0 aliphatic heterocycles. The molecule has 0 radical (unpaired) electrons. The maximum absolute atomic E-state index is 6.25. The van der Waals surface area contributed by atoms with Gasteiger partial charge in [0.15, 0.2) is 28.8 Å².